The fraction of sp³-hybridized carbons (Fsp3) is 0.231. The van der Waals surface area contributed by atoms with Crippen LogP contribution in [0.4, 0.5) is 5.69 Å². The highest BCUT2D eigenvalue weighted by Crippen LogP contribution is 2.18. The second-order valence-corrected chi connectivity index (χ2v) is 4.19. The van der Waals surface area contributed by atoms with Crippen LogP contribution in [-0.4, -0.2) is 23.4 Å². The monoisotopic (exact) mass is 259 g/mol. The molecule has 6 heteroatoms. The number of amides is 2. The molecular weight excluding hydrogens is 246 g/mol. The lowest BCUT2D eigenvalue weighted by Crippen LogP contribution is -2.30. The minimum atomic E-state index is -0.450. The van der Waals surface area contributed by atoms with E-state index in [-0.39, 0.29) is 30.4 Å². The standard InChI is InChI=1S/C13H13N3O3/c1-9(17)7-12(18)14-11-8-13(19)16(15-11)10-5-3-2-4-6-10/h2-6H,7-8H2,1H3,(H,14,15,18). The maximum atomic E-state index is 11.8. The molecule has 6 nitrogen and oxygen atoms in total. The van der Waals surface area contributed by atoms with Gasteiger partial charge < -0.3 is 5.32 Å². The molecule has 0 atom stereocenters. The summed E-state index contributed by atoms with van der Waals surface area (Å²) in [5, 5.41) is 7.75. The summed E-state index contributed by atoms with van der Waals surface area (Å²) in [6, 6.07) is 8.93. The van der Waals surface area contributed by atoms with E-state index in [2.05, 4.69) is 10.4 Å². The number of hydrogen-bond acceptors (Lipinski definition) is 4. The van der Waals surface area contributed by atoms with Crippen LogP contribution in [0.15, 0.2) is 35.4 Å². The summed E-state index contributed by atoms with van der Waals surface area (Å²) in [5.41, 5.74) is 0.642. The number of nitrogens with one attached hydrogen (secondary N) is 1. The number of hydrazone groups is 1. The number of para-hydroxylation sites is 1. The Morgan fingerprint density at radius 3 is 2.63 bits per heavy atom. The average Bonchev–Trinajstić information content (AvgIpc) is 2.70. The first-order valence-corrected chi connectivity index (χ1v) is 5.81. The number of amidine groups is 1. The quantitative estimate of drug-likeness (QED) is 0.817. The van der Waals surface area contributed by atoms with Gasteiger partial charge in [0, 0.05) is 0 Å². The minimum absolute atomic E-state index is 0.0263. The number of benzene rings is 1. The van der Waals surface area contributed by atoms with Gasteiger partial charge in [0.1, 0.15) is 11.6 Å². The van der Waals surface area contributed by atoms with Gasteiger partial charge in [-0.15, -0.1) is 0 Å². The highest BCUT2D eigenvalue weighted by molar-refractivity contribution is 6.17. The highest BCUT2D eigenvalue weighted by Gasteiger charge is 2.26. The van der Waals surface area contributed by atoms with Gasteiger partial charge >= 0.3 is 0 Å². The maximum Gasteiger partial charge on any atom is 0.255 e. The topological polar surface area (TPSA) is 78.8 Å². The first-order valence-electron chi connectivity index (χ1n) is 5.81. The third-order valence-electron chi connectivity index (χ3n) is 2.47. The van der Waals surface area contributed by atoms with Crippen molar-refractivity contribution >= 4 is 29.1 Å². The summed E-state index contributed by atoms with van der Waals surface area (Å²) in [5.74, 6) is -0.638. The Bertz CT molecular complexity index is 552. The smallest absolute Gasteiger partial charge is 0.255 e. The molecule has 0 unspecified atom stereocenters. The van der Waals surface area contributed by atoms with Crippen LogP contribution in [0.1, 0.15) is 19.8 Å². The van der Waals surface area contributed by atoms with Crippen LogP contribution in [0.25, 0.3) is 0 Å². The van der Waals surface area contributed by atoms with Crippen LogP contribution < -0.4 is 10.3 Å². The van der Waals surface area contributed by atoms with Crippen molar-refractivity contribution in [3.63, 3.8) is 0 Å². The number of ketones is 1. The minimum Gasteiger partial charge on any atom is -0.312 e. The second-order valence-electron chi connectivity index (χ2n) is 4.19. The van der Waals surface area contributed by atoms with Gasteiger partial charge in [0.15, 0.2) is 0 Å². The van der Waals surface area contributed by atoms with E-state index in [1.54, 1.807) is 24.3 Å². The van der Waals surface area contributed by atoms with Crippen LogP contribution in [0.3, 0.4) is 0 Å². The molecule has 1 aromatic rings. The lowest BCUT2D eigenvalue weighted by atomic mass is 10.3. The molecule has 0 radical (unpaired) electrons. The van der Waals surface area contributed by atoms with Crippen molar-refractivity contribution in [3.05, 3.63) is 30.3 Å². The fourth-order valence-electron chi connectivity index (χ4n) is 1.70. The first-order chi connectivity index (χ1) is 9.06. The molecule has 2 rings (SSSR count). The van der Waals surface area contributed by atoms with Gasteiger partial charge in [0.25, 0.3) is 5.91 Å². The van der Waals surface area contributed by atoms with Gasteiger partial charge in [-0.2, -0.15) is 10.1 Å². The number of Topliss-reactive ketones (excluding diaryl/α,β-unsaturated/α-hetero) is 1. The van der Waals surface area contributed by atoms with Crippen molar-refractivity contribution in [2.45, 2.75) is 19.8 Å². The second kappa shape index (κ2) is 5.43. The van der Waals surface area contributed by atoms with E-state index < -0.39 is 5.91 Å². The van der Waals surface area contributed by atoms with Crippen molar-refractivity contribution in [3.8, 4) is 0 Å². The Kier molecular flexibility index (Phi) is 3.70. The number of hydrogen-bond donors (Lipinski definition) is 1. The molecule has 1 aromatic carbocycles. The molecule has 1 heterocycles. The van der Waals surface area contributed by atoms with Crippen molar-refractivity contribution in [2.24, 2.45) is 5.10 Å². The number of rotatable bonds is 3. The van der Waals surface area contributed by atoms with Crippen LogP contribution in [-0.2, 0) is 14.4 Å². The van der Waals surface area contributed by atoms with E-state index in [1.165, 1.54) is 11.9 Å². The lowest BCUT2D eigenvalue weighted by molar-refractivity contribution is -0.126. The number of carbonyl (C=O) groups is 3. The zero-order valence-electron chi connectivity index (χ0n) is 10.4. The van der Waals surface area contributed by atoms with E-state index in [4.69, 9.17) is 0 Å². The summed E-state index contributed by atoms with van der Waals surface area (Å²) < 4.78 is 0. The van der Waals surface area contributed by atoms with Crippen LogP contribution in [0.2, 0.25) is 0 Å². The molecular formula is C13H13N3O3. The van der Waals surface area contributed by atoms with E-state index >= 15 is 0 Å². The number of nitrogens with zero attached hydrogens (tertiary/aromatic N) is 2. The Morgan fingerprint density at radius 1 is 1.32 bits per heavy atom. The maximum absolute atomic E-state index is 11.8. The zero-order chi connectivity index (χ0) is 13.8. The van der Waals surface area contributed by atoms with E-state index in [0.717, 1.165) is 0 Å². The molecule has 0 saturated carbocycles. The van der Waals surface area contributed by atoms with Gasteiger partial charge in [-0.3, -0.25) is 14.4 Å². The van der Waals surface area contributed by atoms with Crippen molar-refractivity contribution in [2.75, 3.05) is 5.01 Å². The molecule has 19 heavy (non-hydrogen) atoms. The zero-order valence-corrected chi connectivity index (χ0v) is 10.4. The largest absolute Gasteiger partial charge is 0.312 e. The van der Waals surface area contributed by atoms with Crippen molar-refractivity contribution in [1.29, 1.82) is 0 Å². The molecule has 0 bridgehead atoms. The molecule has 0 fully saturated rings. The highest BCUT2D eigenvalue weighted by atomic mass is 16.2. The normalized spacial score (nSPS) is 14.3. The predicted molar refractivity (Wildman–Crippen MR) is 69.4 cm³/mol. The molecule has 1 N–H and O–H groups in total. The van der Waals surface area contributed by atoms with Crippen LogP contribution in [0.5, 0.6) is 0 Å². The first kappa shape index (κ1) is 12.9. The third-order valence-corrected chi connectivity index (χ3v) is 2.47. The summed E-state index contributed by atoms with van der Waals surface area (Å²) >= 11 is 0. The molecule has 98 valence electrons. The third kappa shape index (κ3) is 3.25. The van der Waals surface area contributed by atoms with Gasteiger partial charge in [-0.1, -0.05) is 18.2 Å². The molecule has 0 saturated heterocycles. The summed E-state index contributed by atoms with van der Waals surface area (Å²) in [6.45, 7) is 1.33. The van der Waals surface area contributed by atoms with Crippen LogP contribution in [0, 0.1) is 0 Å². The lowest BCUT2D eigenvalue weighted by Gasteiger charge is -2.10. The molecule has 0 aliphatic carbocycles. The molecule has 1 aliphatic rings. The molecule has 2 amide bonds. The summed E-state index contributed by atoms with van der Waals surface area (Å²) in [4.78, 5) is 34.0. The van der Waals surface area contributed by atoms with Crippen LogP contribution >= 0.6 is 0 Å². The van der Waals surface area contributed by atoms with Gasteiger partial charge in [0.05, 0.1) is 18.5 Å². The number of carbonyl (C=O) groups excluding carboxylic acids is 3. The summed E-state index contributed by atoms with van der Waals surface area (Å²) in [7, 11) is 0. The average molecular weight is 259 g/mol. The molecule has 0 aromatic heterocycles. The van der Waals surface area contributed by atoms with E-state index in [9.17, 15) is 14.4 Å². The SMILES string of the molecule is CC(=O)CC(=O)NC1=NN(c2ccccc2)C(=O)C1. The fourth-order valence-corrected chi connectivity index (χ4v) is 1.70. The predicted octanol–water partition coefficient (Wildman–Crippen LogP) is 0.832. The van der Waals surface area contributed by atoms with Crippen molar-refractivity contribution in [1.82, 2.24) is 5.32 Å². The van der Waals surface area contributed by atoms with E-state index in [0.29, 0.717) is 5.69 Å². The van der Waals surface area contributed by atoms with E-state index in [1.807, 2.05) is 6.07 Å². The molecule has 0 spiro atoms. The van der Waals surface area contributed by atoms with Gasteiger partial charge in [-0.25, -0.2) is 0 Å². The number of anilines is 1. The van der Waals surface area contributed by atoms with Crippen molar-refractivity contribution < 1.29 is 14.4 Å². The Balaban J connectivity index is 2.07. The Hall–Kier alpha value is -2.50. The van der Waals surface area contributed by atoms with Gasteiger partial charge in [0.2, 0.25) is 5.91 Å². The molecule has 1 aliphatic heterocycles. The Morgan fingerprint density at radius 2 is 2.00 bits per heavy atom. The van der Waals surface area contributed by atoms with Gasteiger partial charge in [-0.05, 0) is 19.1 Å². The summed E-state index contributed by atoms with van der Waals surface area (Å²) in [6.07, 6.45) is -0.183. The Labute approximate surface area is 110 Å².